The quantitative estimate of drug-likeness (QED) is 0.420. The molecule has 1 unspecified atom stereocenters. The molecule has 0 saturated heterocycles. The highest BCUT2D eigenvalue weighted by Gasteiger charge is 2.29. The van der Waals surface area contributed by atoms with Gasteiger partial charge in [-0.25, -0.2) is 9.59 Å². The molecule has 35 heavy (non-hydrogen) atoms. The van der Waals surface area contributed by atoms with E-state index in [1.807, 2.05) is 43.3 Å². The molecular formula is C26H30N2O7. The Kier molecular flexibility index (Phi) is 8.83. The Morgan fingerprint density at radius 3 is 2.14 bits per heavy atom. The van der Waals surface area contributed by atoms with Crippen molar-refractivity contribution >= 4 is 23.9 Å². The zero-order valence-electron chi connectivity index (χ0n) is 19.8. The molecule has 9 heteroatoms. The molecule has 0 aromatic heterocycles. The van der Waals surface area contributed by atoms with Crippen LogP contribution in [0.15, 0.2) is 48.5 Å². The second-order valence-corrected chi connectivity index (χ2v) is 8.59. The van der Waals surface area contributed by atoms with E-state index in [2.05, 4.69) is 27.5 Å². The summed E-state index contributed by atoms with van der Waals surface area (Å²) in [6.07, 6.45) is -0.438. The van der Waals surface area contributed by atoms with E-state index < -0.39 is 36.4 Å². The third-order valence-electron chi connectivity index (χ3n) is 6.02. The summed E-state index contributed by atoms with van der Waals surface area (Å²) in [6, 6.07) is 14.8. The summed E-state index contributed by atoms with van der Waals surface area (Å²) < 4.78 is 9.94. The normalized spacial score (nSPS) is 13.7. The number of carbonyl (C=O) groups excluding carboxylic acids is 3. The lowest BCUT2D eigenvalue weighted by Gasteiger charge is -2.17. The van der Waals surface area contributed by atoms with Crippen molar-refractivity contribution in [3.63, 3.8) is 0 Å². The first-order valence-electron chi connectivity index (χ1n) is 11.5. The van der Waals surface area contributed by atoms with E-state index in [9.17, 15) is 19.2 Å². The summed E-state index contributed by atoms with van der Waals surface area (Å²) in [7, 11) is 1.15. The molecule has 9 nitrogen and oxygen atoms in total. The number of benzene rings is 2. The van der Waals surface area contributed by atoms with Gasteiger partial charge in [-0.05, 0) is 34.6 Å². The van der Waals surface area contributed by atoms with Crippen molar-refractivity contribution in [2.45, 2.75) is 38.1 Å². The lowest BCUT2D eigenvalue weighted by atomic mass is 9.98. The molecule has 0 spiro atoms. The average molecular weight is 483 g/mol. The minimum atomic E-state index is -1.35. The topological polar surface area (TPSA) is 131 Å². The summed E-state index contributed by atoms with van der Waals surface area (Å²) in [5.41, 5.74) is 4.57. The smallest absolute Gasteiger partial charge is 0.407 e. The largest absolute Gasteiger partial charge is 0.480 e. The van der Waals surface area contributed by atoms with Crippen molar-refractivity contribution in [1.29, 1.82) is 0 Å². The van der Waals surface area contributed by atoms with Crippen LogP contribution in [0.5, 0.6) is 0 Å². The highest BCUT2D eigenvalue weighted by molar-refractivity contribution is 5.87. The molecule has 1 aliphatic rings. The van der Waals surface area contributed by atoms with Crippen molar-refractivity contribution in [2.75, 3.05) is 20.3 Å². The zero-order chi connectivity index (χ0) is 25.4. The molecule has 1 aliphatic carbocycles. The van der Waals surface area contributed by atoms with Crippen molar-refractivity contribution in [1.82, 2.24) is 10.6 Å². The van der Waals surface area contributed by atoms with Gasteiger partial charge in [-0.2, -0.15) is 0 Å². The van der Waals surface area contributed by atoms with Gasteiger partial charge >= 0.3 is 18.0 Å². The van der Waals surface area contributed by atoms with E-state index in [1.54, 1.807) is 0 Å². The molecule has 0 saturated carbocycles. The molecule has 2 aromatic carbocycles. The van der Waals surface area contributed by atoms with Crippen molar-refractivity contribution in [3.05, 3.63) is 59.7 Å². The van der Waals surface area contributed by atoms with Gasteiger partial charge in [0.2, 0.25) is 5.91 Å². The van der Waals surface area contributed by atoms with E-state index in [1.165, 1.54) is 0 Å². The second-order valence-electron chi connectivity index (χ2n) is 8.59. The van der Waals surface area contributed by atoms with Crippen molar-refractivity contribution in [2.24, 2.45) is 5.92 Å². The fourth-order valence-electron chi connectivity index (χ4n) is 4.19. The molecule has 0 heterocycles. The summed E-state index contributed by atoms with van der Waals surface area (Å²) in [5, 5.41) is 14.2. The maximum Gasteiger partial charge on any atom is 0.407 e. The van der Waals surface area contributed by atoms with Gasteiger partial charge in [-0.3, -0.25) is 9.59 Å². The van der Waals surface area contributed by atoms with Crippen molar-refractivity contribution in [3.8, 4) is 11.1 Å². The number of aliphatic carboxylic acids is 1. The van der Waals surface area contributed by atoms with Crippen LogP contribution in [-0.2, 0) is 23.9 Å². The lowest BCUT2D eigenvalue weighted by molar-refractivity contribution is -0.148. The number of carboxylic acid groups (broad SMARTS) is 1. The molecule has 2 amide bonds. The van der Waals surface area contributed by atoms with Crippen LogP contribution < -0.4 is 10.6 Å². The third-order valence-corrected chi connectivity index (χ3v) is 6.02. The van der Waals surface area contributed by atoms with Crippen LogP contribution in [-0.4, -0.2) is 55.3 Å². The van der Waals surface area contributed by atoms with Gasteiger partial charge in [-0.15, -0.1) is 0 Å². The number of amides is 2. The van der Waals surface area contributed by atoms with Gasteiger partial charge in [0, 0.05) is 18.9 Å². The van der Waals surface area contributed by atoms with Crippen LogP contribution in [0.2, 0.25) is 0 Å². The number of alkyl carbamates (subject to hydrolysis) is 1. The lowest BCUT2D eigenvalue weighted by Crippen LogP contribution is -2.43. The minimum absolute atomic E-state index is 0.0251. The Balaban J connectivity index is 1.41. The van der Waals surface area contributed by atoms with E-state index in [0.29, 0.717) is 13.0 Å². The van der Waals surface area contributed by atoms with Crippen LogP contribution >= 0.6 is 0 Å². The predicted molar refractivity (Wildman–Crippen MR) is 128 cm³/mol. The number of hydrogen-bond acceptors (Lipinski definition) is 6. The van der Waals surface area contributed by atoms with E-state index in [-0.39, 0.29) is 24.9 Å². The summed E-state index contributed by atoms with van der Waals surface area (Å²) in [6.45, 7) is 2.33. The van der Waals surface area contributed by atoms with Crippen LogP contribution in [0, 0.1) is 5.92 Å². The monoisotopic (exact) mass is 482 g/mol. The standard InChI is InChI=1S/C26H30N2O7/c1-16(13-23(29)28-22(25(31)32)14-24(30)34-2)11-12-27-26(33)35-15-21-19-9-5-3-7-17(19)18-8-4-6-10-20(18)21/h3-10,16,21-22H,11-15H2,1-2H3,(H,27,33)(H,28,29)(H,31,32)/t16?,22-/m1/s1. The SMILES string of the molecule is COC(=O)C[C@@H](NC(=O)CC(C)CCNC(=O)OCC1c2ccccc2-c2ccccc21)C(=O)O. The first-order valence-corrected chi connectivity index (χ1v) is 11.5. The van der Waals surface area contributed by atoms with Crippen LogP contribution in [0.3, 0.4) is 0 Å². The zero-order valence-corrected chi connectivity index (χ0v) is 19.8. The number of hydrogen-bond donors (Lipinski definition) is 3. The maximum absolute atomic E-state index is 12.3. The van der Waals surface area contributed by atoms with Gasteiger partial charge in [0.05, 0.1) is 13.5 Å². The molecule has 2 atom stereocenters. The maximum atomic E-state index is 12.3. The molecule has 0 fully saturated rings. The molecular weight excluding hydrogens is 452 g/mol. The number of methoxy groups -OCH3 is 1. The van der Waals surface area contributed by atoms with Crippen LogP contribution in [0.1, 0.15) is 43.2 Å². The minimum Gasteiger partial charge on any atom is -0.480 e. The highest BCUT2D eigenvalue weighted by atomic mass is 16.5. The number of esters is 1. The molecule has 186 valence electrons. The Labute approximate surface area is 203 Å². The summed E-state index contributed by atoms with van der Waals surface area (Å²) in [4.78, 5) is 46.9. The number of nitrogens with one attached hydrogen (secondary N) is 2. The van der Waals surface area contributed by atoms with E-state index >= 15 is 0 Å². The molecule has 3 rings (SSSR count). The van der Waals surface area contributed by atoms with Crippen LogP contribution in [0.25, 0.3) is 11.1 Å². The fraction of sp³-hybridized carbons (Fsp3) is 0.385. The van der Waals surface area contributed by atoms with E-state index in [0.717, 1.165) is 29.4 Å². The molecule has 0 bridgehead atoms. The Morgan fingerprint density at radius 1 is 0.971 bits per heavy atom. The van der Waals surface area contributed by atoms with Gasteiger partial charge in [0.25, 0.3) is 0 Å². The number of rotatable bonds is 11. The Bertz CT molecular complexity index is 1040. The third kappa shape index (κ3) is 6.81. The molecule has 0 radical (unpaired) electrons. The fourth-order valence-corrected chi connectivity index (χ4v) is 4.19. The highest BCUT2D eigenvalue weighted by Crippen LogP contribution is 2.44. The summed E-state index contributed by atoms with van der Waals surface area (Å²) >= 11 is 0. The number of carbonyl (C=O) groups is 4. The average Bonchev–Trinajstić information content (AvgIpc) is 3.15. The van der Waals surface area contributed by atoms with Gasteiger partial charge in [0.1, 0.15) is 12.6 Å². The first-order chi connectivity index (χ1) is 16.8. The number of ether oxygens (including phenoxy) is 2. The van der Waals surface area contributed by atoms with Crippen molar-refractivity contribution < 1.29 is 33.8 Å². The Morgan fingerprint density at radius 2 is 1.57 bits per heavy atom. The Hall–Kier alpha value is -3.88. The number of fused-ring (bicyclic) bond motifs is 3. The van der Waals surface area contributed by atoms with Gasteiger partial charge in [0.15, 0.2) is 0 Å². The number of carboxylic acids is 1. The second kappa shape index (κ2) is 12.0. The molecule has 0 aliphatic heterocycles. The molecule has 3 N–H and O–H groups in total. The summed E-state index contributed by atoms with van der Waals surface area (Å²) in [5.74, 6) is -2.68. The van der Waals surface area contributed by atoms with E-state index in [4.69, 9.17) is 9.84 Å². The predicted octanol–water partition coefficient (Wildman–Crippen LogP) is 3.07. The van der Waals surface area contributed by atoms with Gasteiger partial charge < -0.3 is 25.2 Å². The first kappa shape index (κ1) is 25.7. The van der Waals surface area contributed by atoms with Crippen LogP contribution in [0.4, 0.5) is 4.79 Å². The molecule has 2 aromatic rings. The van der Waals surface area contributed by atoms with Gasteiger partial charge in [-0.1, -0.05) is 55.5 Å².